The molecule has 1 aromatic heterocycles. The molecule has 0 radical (unpaired) electrons. The first-order valence-corrected chi connectivity index (χ1v) is 6.50. The van der Waals surface area contributed by atoms with Gasteiger partial charge in [-0.3, -0.25) is 0 Å². The molecule has 0 bridgehead atoms. The van der Waals surface area contributed by atoms with Gasteiger partial charge in [-0.05, 0) is 38.1 Å². The summed E-state index contributed by atoms with van der Waals surface area (Å²) in [5.74, 6) is 0.870. The molecule has 90 valence electrons. The van der Waals surface area contributed by atoms with Crippen LogP contribution in [-0.2, 0) is 6.61 Å². The summed E-state index contributed by atoms with van der Waals surface area (Å²) < 4.78 is 5.63. The van der Waals surface area contributed by atoms with E-state index >= 15 is 0 Å². The molecule has 1 heterocycles. The summed E-state index contributed by atoms with van der Waals surface area (Å²) >= 11 is 1.61. The highest BCUT2D eigenvalue weighted by Crippen LogP contribution is 2.18. The third kappa shape index (κ3) is 3.75. The fourth-order valence-corrected chi connectivity index (χ4v) is 1.98. The highest BCUT2D eigenvalue weighted by atomic mass is 32.1. The van der Waals surface area contributed by atoms with E-state index in [2.05, 4.69) is 24.1 Å². The molecule has 1 aromatic carbocycles. The van der Waals surface area contributed by atoms with E-state index in [0.717, 1.165) is 16.4 Å². The Labute approximate surface area is 105 Å². The van der Waals surface area contributed by atoms with E-state index in [4.69, 9.17) is 4.74 Å². The van der Waals surface area contributed by atoms with Crippen molar-refractivity contribution in [1.29, 1.82) is 0 Å². The highest BCUT2D eigenvalue weighted by Gasteiger charge is 1.99. The zero-order chi connectivity index (χ0) is 12.1. The SMILES string of the molecule is CC(C)Nc1ccc(OCc2nccs2)cc1. The average molecular weight is 248 g/mol. The Morgan fingerprint density at radius 2 is 2.06 bits per heavy atom. The second-order valence-corrected chi connectivity index (χ2v) is 5.02. The lowest BCUT2D eigenvalue weighted by atomic mass is 10.3. The Balaban J connectivity index is 1.89. The van der Waals surface area contributed by atoms with Crippen LogP contribution < -0.4 is 10.1 Å². The molecular formula is C13H16N2OS. The van der Waals surface area contributed by atoms with Crippen LogP contribution in [0.3, 0.4) is 0 Å². The molecule has 0 spiro atoms. The van der Waals surface area contributed by atoms with Crippen LogP contribution in [0.5, 0.6) is 5.75 Å². The van der Waals surface area contributed by atoms with Gasteiger partial charge in [0.05, 0.1) is 0 Å². The lowest BCUT2D eigenvalue weighted by Gasteiger charge is -2.10. The van der Waals surface area contributed by atoms with E-state index in [9.17, 15) is 0 Å². The van der Waals surface area contributed by atoms with Crippen molar-refractivity contribution in [3.05, 3.63) is 40.8 Å². The molecule has 0 aliphatic heterocycles. The largest absolute Gasteiger partial charge is 0.486 e. The van der Waals surface area contributed by atoms with Gasteiger partial charge >= 0.3 is 0 Å². The predicted molar refractivity (Wildman–Crippen MR) is 71.6 cm³/mol. The molecule has 0 saturated carbocycles. The summed E-state index contributed by atoms with van der Waals surface area (Å²) in [7, 11) is 0. The number of nitrogens with zero attached hydrogens (tertiary/aromatic N) is 1. The van der Waals surface area contributed by atoms with Gasteiger partial charge in [-0.1, -0.05) is 0 Å². The second kappa shape index (κ2) is 5.68. The van der Waals surface area contributed by atoms with Crippen LogP contribution in [-0.4, -0.2) is 11.0 Å². The molecule has 17 heavy (non-hydrogen) atoms. The molecule has 0 unspecified atom stereocenters. The van der Waals surface area contributed by atoms with E-state index in [1.165, 1.54) is 0 Å². The number of rotatable bonds is 5. The van der Waals surface area contributed by atoms with Gasteiger partial charge in [0.2, 0.25) is 0 Å². The quantitative estimate of drug-likeness (QED) is 0.878. The zero-order valence-corrected chi connectivity index (χ0v) is 10.8. The van der Waals surface area contributed by atoms with Crippen LogP contribution in [0.4, 0.5) is 5.69 Å². The van der Waals surface area contributed by atoms with Crippen molar-refractivity contribution < 1.29 is 4.74 Å². The Morgan fingerprint density at radius 1 is 1.29 bits per heavy atom. The fourth-order valence-electron chi connectivity index (χ4n) is 1.45. The first-order chi connectivity index (χ1) is 8.24. The zero-order valence-electron chi connectivity index (χ0n) is 10.0. The Kier molecular flexibility index (Phi) is 3.98. The summed E-state index contributed by atoms with van der Waals surface area (Å²) in [6.07, 6.45) is 1.79. The van der Waals surface area contributed by atoms with E-state index < -0.39 is 0 Å². The van der Waals surface area contributed by atoms with E-state index in [1.807, 2.05) is 29.6 Å². The lowest BCUT2D eigenvalue weighted by Crippen LogP contribution is -2.09. The van der Waals surface area contributed by atoms with Crippen LogP contribution in [0.2, 0.25) is 0 Å². The second-order valence-electron chi connectivity index (χ2n) is 4.04. The number of ether oxygens (including phenoxy) is 1. The maximum atomic E-state index is 5.63. The van der Waals surface area contributed by atoms with Crippen molar-refractivity contribution in [2.24, 2.45) is 0 Å². The van der Waals surface area contributed by atoms with Crippen molar-refractivity contribution in [3.63, 3.8) is 0 Å². The lowest BCUT2D eigenvalue weighted by molar-refractivity contribution is 0.305. The minimum Gasteiger partial charge on any atom is -0.486 e. The third-order valence-corrected chi connectivity index (χ3v) is 2.91. The molecule has 2 rings (SSSR count). The molecule has 0 amide bonds. The van der Waals surface area contributed by atoms with Crippen LogP contribution in [0.25, 0.3) is 0 Å². The molecule has 0 aliphatic rings. The van der Waals surface area contributed by atoms with Crippen molar-refractivity contribution in [3.8, 4) is 5.75 Å². The number of aromatic nitrogens is 1. The van der Waals surface area contributed by atoms with Gasteiger partial charge in [-0.15, -0.1) is 11.3 Å². The standard InChI is InChI=1S/C13H16N2OS/c1-10(2)15-11-3-5-12(6-4-11)16-9-13-14-7-8-17-13/h3-8,10,15H,9H2,1-2H3. The van der Waals surface area contributed by atoms with Gasteiger partial charge in [-0.25, -0.2) is 4.98 Å². The van der Waals surface area contributed by atoms with Gasteiger partial charge in [-0.2, -0.15) is 0 Å². The topological polar surface area (TPSA) is 34.1 Å². The van der Waals surface area contributed by atoms with Crippen molar-refractivity contribution in [2.45, 2.75) is 26.5 Å². The highest BCUT2D eigenvalue weighted by molar-refractivity contribution is 7.09. The summed E-state index contributed by atoms with van der Waals surface area (Å²) in [6.45, 7) is 4.77. The molecule has 0 aliphatic carbocycles. The number of nitrogens with one attached hydrogen (secondary N) is 1. The molecule has 4 heteroatoms. The smallest absolute Gasteiger partial charge is 0.140 e. The fraction of sp³-hybridized carbons (Fsp3) is 0.308. The predicted octanol–water partition coefficient (Wildman–Crippen LogP) is 3.54. The van der Waals surface area contributed by atoms with Gasteiger partial charge in [0, 0.05) is 23.3 Å². The molecule has 3 nitrogen and oxygen atoms in total. The molecule has 0 saturated heterocycles. The number of thiazole rings is 1. The molecule has 0 fully saturated rings. The minimum atomic E-state index is 0.442. The van der Waals surface area contributed by atoms with Gasteiger partial charge in [0.1, 0.15) is 17.4 Å². The van der Waals surface area contributed by atoms with Crippen LogP contribution >= 0.6 is 11.3 Å². The van der Waals surface area contributed by atoms with Crippen LogP contribution in [0.1, 0.15) is 18.9 Å². The monoisotopic (exact) mass is 248 g/mol. The maximum Gasteiger partial charge on any atom is 0.140 e. The summed E-state index contributed by atoms with van der Waals surface area (Å²) in [5.41, 5.74) is 1.11. The van der Waals surface area contributed by atoms with E-state index in [1.54, 1.807) is 17.5 Å². The summed E-state index contributed by atoms with van der Waals surface area (Å²) in [5, 5.41) is 6.28. The van der Waals surface area contributed by atoms with Gasteiger partial charge in [0.15, 0.2) is 0 Å². The molecule has 2 aromatic rings. The number of hydrogen-bond donors (Lipinski definition) is 1. The van der Waals surface area contributed by atoms with Gasteiger partial charge < -0.3 is 10.1 Å². The summed E-state index contributed by atoms with van der Waals surface area (Å²) in [6, 6.07) is 8.43. The van der Waals surface area contributed by atoms with Crippen molar-refractivity contribution in [1.82, 2.24) is 4.98 Å². The minimum absolute atomic E-state index is 0.442. The first-order valence-electron chi connectivity index (χ1n) is 5.62. The third-order valence-electron chi connectivity index (χ3n) is 2.16. The Hall–Kier alpha value is -1.55. The normalized spacial score (nSPS) is 10.5. The molecular weight excluding hydrogens is 232 g/mol. The average Bonchev–Trinajstić information content (AvgIpc) is 2.80. The number of benzene rings is 1. The van der Waals surface area contributed by atoms with Gasteiger partial charge in [0.25, 0.3) is 0 Å². The van der Waals surface area contributed by atoms with Crippen molar-refractivity contribution in [2.75, 3.05) is 5.32 Å². The van der Waals surface area contributed by atoms with E-state index in [0.29, 0.717) is 12.6 Å². The molecule has 0 atom stereocenters. The number of anilines is 1. The Morgan fingerprint density at radius 3 is 2.65 bits per heavy atom. The van der Waals surface area contributed by atoms with Crippen molar-refractivity contribution >= 4 is 17.0 Å². The molecule has 1 N–H and O–H groups in total. The summed E-state index contributed by atoms with van der Waals surface area (Å²) in [4.78, 5) is 4.17. The van der Waals surface area contributed by atoms with E-state index in [-0.39, 0.29) is 0 Å². The number of hydrogen-bond acceptors (Lipinski definition) is 4. The van der Waals surface area contributed by atoms with Crippen LogP contribution in [0.15, 0.2) is 35.8 Å². The Bertz CT molecular complexity index is 437. The first kappa shape index (κ1) is 11.9. The maximum absolute atomic E-state index is 5.63. The van der Waals surface area contributed by atoms with Crippen LogP contribution in [0, 0.1) is 0 Å².